The van der Waals surface area contributed by atoms with Crippen LogP contribution >= 0.6 is 0 Å². The fraction of sp³-hybridized carbons (Fsp3) is 0.500. The molecule has 8 nitrogen and oxygen atoms in total. The SMILES string of the molecule is CCN1C(=O)c2cc(C(=O)NCc3ccccc3C)nn2C[C@@]1(C)C(=O)NC1CCCC1. The van der Waals surface area contributed by atoms with Crippen molar-refractivity contribution in [3.63, 3.8) is 0 Å². The number of carbonyl (C=O) groups is 3. The van der Waals surface area contributed by atoms with Crippen LogP contribution in [0, 0.1) is 6.92 Å². The predicted octanol–water partition coefficient (Wildman–Crippen LogP) is 2.41. The molecule has 1 aliphatic heterocycles. The second-order valence-corrected chi connectivity index (χ2v) is 8.96. The quantitative estimate of drug-likeness (QED) is 0.725. The van der Waals surface area contributed by atoms with E-state index in [-0.39, 0.29) is 36.0 Å². The fourth-order valence-corrected chi connectivity index (χ4v) is 4.73. The third-order valence-electron chi connectivity index (χ3n) is 6.73. The van der Waals surface area contributed by atoms with Crippen LogP contribution in [0.1, 0.15) is 71.6 Å². The van der Waals surface area contributed by atoms with Gasteiger partial charge in [-0.25, -0.2) is 0 Å². The molecule has 2 aliphatic rings. The van der Waals surface area contributed by atoms with Crippen LogP contribution in [0.5, 0.6) is 0 Å². The Morgan fingerprint density at radius 1 is 1.22 bits per heavy atom. The van der Waals surface area contributed by atoms with Gasteiger partial charge < -0.3 is 15.5 Å². The summed E-state index contributed by atoms with van der Waals surface area (Å²) in [7, 11) is 0. The van der Waals surface area contributed by atoms with E-state index in [1.807, 2.05) is 38.1 Å². The molecule has 1 fully saturated rings. The van der Waals surface area contributed by atoms with E-state index in [0.717, 1.165) is 36.8 Å². The van der Waals surface area contributed by atoms with Crippen LogP contribution in [0.25, 0.3) is 0 Å². The fourth-order valence-electron chi connectivity index (χ4n) is 4.73. The van der Waals surface area contributed by atoms with Gasteiger partial charge in [-0.2, -0.15) is 5.10 Å². The maximum atomic E-state index is 13.2. The Kier molecular flexibility index (Phi) is 6.04. The zero-order valence-electron chi connectivity index (χ0n) is 19.0. The molecule has 0 spiro atoms. The van der Waals surface area contributed by atoms with Gasteiger partial charge in [0.25, 0.3) is 11.8 Å². The Morgan fingerprint density at radius 3 is 2.62 bits per heavy atom. The first-order valence-electron chi connectivity index (χ1n) is 11.4. The summed E-state index contributed by atoms with van der Waals surface area (Å²) in [6, 6.07) is 9.52. The monoisotopic (exact) mass is 437 g/mol. The molecule has 2 N–H and O–H groups in total. The van der Waals surface area contributed by atoms with Gasteiger partial charge in [-0.1, -0.05) is 37.1 Å². The number of rotatable bonds is 6. The number of amides is 3. The molecule has 0 bridgehead atoms. The van der Waals surface area contributed by atoms with Gasteiger partial charge in [0.05, 0.1) is 6.54 Å². The first-order chi connectivity index (χ1) is 15.3. The van der Waals surface area contributed by atoms with Crippen LogP contribution in [-0.2, 0) is 17.9 Å². The summed E-state index contributed by atoms with van der Waals surface area (Å²) >= 11 is 0. The number of aryl methyl sites for hydroxylation is 1. The van der Waals surface area contributed by atoms with Gasteiger partial charge in [-0.3, -0.25) is 19.1 Å². The van der Waals surface area contributed by atoms with Gasteiger partial charge in [0, 0.05) is 25.2 Å². The van der Waals surface area contributed by atoms with Crippen LogP contribution < -0.4 is 10.6 Å². The zero-order chi connectivity index (χ0) is 22.9. The van der Waals surface area contributed by atoms with Gasteiger partial charge in [0.1, 0.15) is 11.2 Å². The van der Waals surface area contributed by atoms with Crippen LogP contribution in [0.4, 0.5) is 0 Å². The molecule has 0 saturated heterocycles. The number of carbonyl (C=O) groups excluding carboxylic acids is 3. The number of nitrogens with zero attached hydrogens (tertiary/aromatic N) is 3. The molecular weight excluding hydrogens is 406 g/mol. The lowest BCUT2D eigenvalue weighted by atomic mass is 9.94. The Hall–Kier alpha value is -3.16. The minimum Gasteiger partial charge on any atom is -0.351 e. The van der Waals surface area contributed by atoms with Crippen LogP contribution in [-0.4, -0.2) is 50.5 Å². The van der Waals surface area contributed by atoms with Gasteiger partial charge >= 0.3 is 0 Å². The van der Waals surface area contributed by atoms with Crippen molar-refractivity contribution in [3.05, 3.63) is 52.8 Å². The smallest absolute Gasteiger partial charge is 0.273 e. The summed E-state index contributed by atoms with van der Waals surface area (Å²) in [6.07, 6.45) is 4.17. The molecule has 1 aromatic carbocycles. The molecule has 3 amide bonds. The number of hydrogen-bond acceptors (Lipinski definition) is 4. The Balaban J connectivity index is 1.53. The highest BCUT2D eigenvalue weighted by Gasteiger charge is 2.48. The molecule has 170 valence electrons. The van der Waals surface area contributed by atoms with E-state index in [0.29, 0.717) is 18.8 Å². The third kappa shape index (κ3) is 4.01. The summed E-state index contributed by atoms with van der Waals surface area (Å²) in [5.74, 6) is -0.789. The van der Waals surface area contributed by atoms with Gasteiger partial charge in [-0.05, 0) is 44.7 Å². The molecule has 1 saturated carbocycles. The number of likely N-dealkylation sites (N-methyl/N-ethyl adjacent to an activating group) is 1. The summed E-state index contributed by atoms with van der Waals surface area (Å²) < 4.78 is 1.51. The summed E-state index contributed by atoms with van der Waals surface area (Å²) in [4.78, 5) is 40.8. The summed E-state index contributed by atoms with van der Waals surface area (Å²) in [6.45, 7) is 6.62. The van der Waals surface area contributed by atoms with E-state index in [2.05, 4.69) is 15.7 Å². The van der Waals surface area contributed by atoms with Crippen molar-refractivity contribution >= 4 is 17.7 Å². The van der Waals surface area contributed by atoms with Crippen molar-refractivity contribution in [2.24, 2.45) is 0 Å². The molecule has 0 radical (unpaired) electrons. The minimum absolute atomic E-state index is 0.161. The van der Waals surface area contributed by atoms with Crippen molar-refractivity contribution in [2.75, 3.05) is 6.54 Å². The topological polar surface area (TPSA) is 96.3 Å². The lowest BCUT2D eigenvalue weighted by Gasteiger charge is -2.43. The molecule has 32 heavy (non-hydrogen) atoms. The molecule has 2 aromatic rings. The highest BCUT2D eigenvalue weighted by atomic mass is 16.2. The van der Waals surface area contributed by atoms with Crippen molar-refractivity contribution < 1.29 is 14.4 Å². The summed E-state index contributed by atoms with van der Waals surface area (Å²) in [5.41, 5.74) is 1.57. The second-order valence-electron chi connectivity index (χ2n) is 8.96. The second kappa shape index (κ2) is 8.76. The third-order valence-corrected chi connectivity index (χ3v) is 6.73. The molecule has 2 heterocycles. The Bertz CT molecular complexity index is 1040. The van der Waals surface area contributed by atoms with Crippen LogP contribution in [0.3, 0.4) is 0 Å². The van der Waals surface area contributed by atoms with Crippen molar-refractivity contribution in [1.82, 2.24) is 25.3 Å². The van der Waals surface area contributed by atoms with E-state index in [4.69, 9.17) is 0 Å². The lowest BCUT2D eigenvalue weighted by Crippen LogP contribution is -2.64. The molecular formula is C24H31N5O3. The number of nitrogens with one attached hydrogen (secondary N) is 2. The standard InChI is InChI=1S/C24H31N5O3/c1-4-28-22(31)20-13-19(21(30)25-14-17-10-6-5-9-16(17)2)27-29(20)15-24(28,3)23(32)26-18-11-7-8-12-18/h5-6,9-10,13,18H,4,7-8,11-12,14-15H2,1-3H3,(H,25,30)(H,26,32)/t24-/m0/s1. The molecule has 1 atom stereocenters. The average Bonchev–Trinajstić information content (AvgIpc) is 3.43. The van der Waals surface area contributed by atoms with Gasteiger partial charge in [-0.15, -0.1) is 0 Å². The zero-order valence-corrected chi connectivity index (χ0v) is 19.0. The first kappa shape index (κ1) is 22.0. The Labute approximate surface area is 188 Å². The maximum absolute atomic E-state index is 13.2. The molecule has 1 aliphatic carbocycles. The lowest BCUT2D eigenvalue weighted by molar-refractivity contribution is -0.133. The average molecular weight is 438 g/mol. The van der Waals surface area contributed by atoms with Gasteiger partial charge in [0.15, 0.2) is 5.69 Å². The van der Waals surface area contributed by atoms with Crippen LogP contribution in [0.15, 0.2) is 30.3 Å². The van der Waals surface area contributed by atoms with Gasteiger partial charge in [0.2, 0.25) is 5.91 Å². The van der Waals surface area contributed by atoms with Crippen LogP contribution in [0.2, 0.25) is 0 Å². The van der Waals surface area contributed by atoms with E-state index >= 15 is 0 Å². The Morgan fingerprint density at radius 2 is 1.94 bits per heavy atom. The van der Waals surface area contributed by atoms with E-state index in [9.17, 15) is 14.4 Å². The predicted molar refractivity (Wildman–Crippen MR) is 120 cm³/mol. The van der Waals surface area contributed by atoms with E-state index in [1.165, 1.54) is 10.7 Å². The normalized spacial score (nSPS) is 20.8. The molecule has 0 unspecified atom stereocenters. The molecule has 8 heteroatoms. The highest BCUT2D eigenvalue weighted by molar-refractivity contribution is 6.01. The maximum Gasteiger partial charge on any atom is 0.273 e. The van der Waals surface area contributed by atoms with E-state index < -0.39 is 5.54 Å². The highest BCUT2D eigenvalue weighted by Crippen LogP contribution is 2.28. The van der Waals surface area contributed by atoms with E-state index in [1.54, 1.807) is 11.8 Å². The summed E-state index contributed by atoms with van der Waals surface area (Å²) in [5, 5.41) is 10.4. The molecule has 1 aromatic heterocycles. The number of aromatic nitrogens is 2. The number of fused-ring (bicyclic) bond motifs is 1. The number of benzene rings is 1. The van der Waals surface area contributed by atoms with Crippen molar-refractivity contribution in [3.8, 4) is 0 Å². The van der Waals surface area contributed by atoms with Crippen molar-refractivity contribution in [2.45, 2.75) is 71.1 Å². The minimum atomic E-state index is -1.05. The molecule has 4 rings (SSSR count). The largest absolute Gasteiger partial charge is 0.351 e. The van der Waals surface area contributed by atoms with Crippen molar-refractivity contribution in [1.29, 1.82) is 0 Å². The first-order valence-corrected chi connectivity index (χ1v) is 11.4. The number of hydrogen-bond donors (Lipinski definition) is 2.